The standard InChI is InChI=1S/C64H34S16/c1-9-41(65-21-1)35-29-53(75-59(35)49-13-5-25-69-49)47-19-17-45(73-47)39-32-56(55-31-37(43-11-3-23-67-43)61(77-55)51-15-7-27-71-51)78-63(39)58-34-40(64(80-58)57-33-38(44-12-4-24-68-44)62(79-57)52-16-8-28-72-52)46-18-20-48(74-46)54-30-36(42-10-2-22-66-42)60(76-54)50-14-6-26-70-50/h1-34H. The average Bonchev–Trinajstić information content (AvgIpc) is 4.44. The first-order valence-electron chi connectivity index (χ1n) is 25.0. The molecule has 0 aliphatic rings. The van der Waals surface area contributed by atoms with Crippen molar-refractivity contribution in [3.63, 3.8) is 0 Å². The van der Waals surface area contributed by atoms with Crippen molar-refractivity contribution in [3.8, 4) is 150 Å². The van der Waals surface area contributed by atoms with Gasteiger partial charge in [-0.15, -0.1) is 181 Å². The van der Waals surface area contributed by atoms with Crippen LogP contribution in [-0.2, 0) is 0 Å². The first-order valence-corrected chi connectivity index (χ1v) is 38.5. The van der Waals surface area contributed by atoms with Gasteiger partial charge in [0.2, 0.25) is 0 Å². The molecule has 16 heterocycles. The Morgan fingerprint density at radius 1 is 0.150 bits per heavy atom. The Morgan fingerprint density at radius 2 is 0.350 bits per heavy atom. The van der Waals surface area contributed by atoms with Gasteiger partial charge in [0.25, 0.3) is 0 Å². The first-order chi connectivity index (χ1) is 39.6. The second kappa shape index (κ2) is 21.8. The van der Waals surface area contributed by atoms with Crippen LogP contribution < -0.4 is 0 Å². The molecular formula is C64H34S16. The lowest BCUT2D eigenvalue weighted by Gasteiger charge is -1.99. The van der Waals surface area contributed by atoms with Crippen molar-refractivity contribution in [2.45, 2.75) is 0 Å². The van der Waals surface area contributed by atoms with Crippen LogP contribution in [-0.4, -0.2) is 0 Å². The lowest BCUT2D eigenvalue weighted by Crippen LogP contribution is -1.72. The van der Waals surface area contributed by atoms with Crippen LogP contribution in [0.2, 0.25) is 0 Å². The summed E-state index contributed by atoms with van der Waals surface area (Å²) in [6.07, 6.45) is 0. The van der Waals surface area contributed by atoms with E-state index in [9.17, 15) is 0 Å². The van der Waals surface area contributed by atoms with Crippen molar-refractivity contribution in [2.75, 3.05) is 0 Å². The predicted octanol–water partition coefficient (Wildman–Crippen LogP) is 27.7. The molecule has 0 unspecified atom stereocenters. The van der Waals surface area contributed by atoms with E-state index in [1.807, 2.05) is 181 Å². The van der Waals surface area contributed by atoms with Gasteiger partial charge in [-0.3, -0.25) is 0 Å². The molecule has 80 heavy (non-hydrogen) atoms. The minimum absolute atomic E-state index is 1.29. The molecule has 0 radical (unpaired) electrons. The van der Waals surface area contributed by atoms with Crippen LogP contribution in [0, 0.1) is 0 Å². The summed E-state index contributed by atoms with van der Waals surface area (Å²) in [5.41, 5.74) is 7.90. The Bertz CT molecular complexity index is 4460. The van der Waals surface area contributed by atoms with Crippen LogP contribution in [0.25, 0.3) is 150 Å². The molecule has 0 aromatic carbocycles. The summed E-state index contributed by atoms with van der Waals surface area (Å²) in [5.74, 6) is 0. The molecule has 0 amide bonds. The van der Waals surface area contributed by atoms with Crippen LogP contribution >= 0.6 is 181 Å². The molecule has 0 aliphatic heterocycles. The fraction of sp³-hybridized carbons (Fsp3) is 0. The van der Waals surface area contributed by atoms with E-state index in [0.29, 0.717) is 0 Å². The summed E-state index contributed by atoms with van der Waals surface area (Å²) >= 11 is 30.1. The van der Waals surface area contributed by atoms with Gasteiger partial charge in [0.15, 0.2) is 0 Å². The topological polar surface area (TPSA) is 0 Å². The Morgan fingerprint density at radius 3 is 0.613 bits per heavy atom. The second-order valence-electron chi connectivity index (χ2n) is 18.3. The van der Waals surface area contributed by atoms with Gasteiger partial charge >= 0.3 is 0 Å². The van der Waals surface area contributed by atoms with E-state index in [2.05, 4.69) is 201 Å². The average molecular weight is 1320 g/mol. The van der Waals surface area contributed by atoms with Crippen LogP contribution in [0.15, 0.2) is 201 Å². The second-order valence-corrected chi connectivity index (χ2v) is 34.3. The van der Waals surface area contributed by atoms with Crippen LogP contribution in [0.3, 0.4) is 0 Å². The van der Waals surface area contributed by atoms with Crippen molar-refractivity contribution in [1.82, 2.24) is 0 Å². The zero-order valence-electron chi connectivity index (χ0n) is 41.2. The monoisotopic (exact) mass is 1310 g/mol. The lowest BCUT2D eigenvalue weighted by molar-refractivity contribution is 1.82. The number of hydrogen-bond donors (Lipinski definition) is 0. The third-order valence-electron chi connectivity index (χ3n) is 13.4. The number of hydrogen-bond acceptors (Lipinski definition) is 16. The van der Waals surface area contributed by atoms with Crippen LogP contribution in [0.4, 0.5) is 0 Å². The minimum Gasteiger partial charge on any atom is -0.144 e. The Balaban J connectivity index is 0.880. The fourth-order valence-electron chi connectivity index (χ4n) is 9.84. The van der Waals surface area contributed by atoms with E-state index in [1.165, 1.54) is 150 Å². The molecule has 16 rings (SSSR count). The first kappa shape index (κ1) is 50.9. The molecular weight excluding hydrogens is 1280 g/mol. The third kappa shape index (κ3) is 9.43. The van der Waals surface area contributed by atoms with Gasteiger partial charge in [0.05, 0.1) is 29.3 Å². The molecule has 0 aliphatic carbocycles. The number of thiophene rings is 16. The molecule has 0 fully saturated rings. The molecule has 0 nitrogen and oxygen atoms in total. The van der Waals surface area contributed by atoms with Gasteiger partial charge in [0, 0.05) is 121 Å². The van der Waals surface area contributed by atoms with E-state index in [-0.39, 0.29) is 0 Å². The molecule has 16 aromatic rings. The van der Waals surface area contributed by atoms with E-state index in [0.717, 1.165) is 0 Å². The molecule has 16 aromatic heterocycles. The van der Waals surface area contributed by atoms with E-state index < -0.39 is 0 Å². The maximum absolute atomic E-state index is 2.55. The van der Waals surface area contributed by atoms with Crippen molar-refractivity contribution >= 4 is 181 Å². The molecule has 386 valence electrons. The molecule has 0 N–H and O–H groups in total. The summed E-state index contributed by atoms with van der Waals surface area (Å²) in [7, 11) is 0. The SMILES string of the molecule is c1csc(-c2cc(-c3ccc(-c4cc(-c5cc(-c6cccs6)c(-c6cccs6)s5)sc4-c4cc(-c5ccc(-c6cc(-c7cccs7)c(-c7cccs7)s6)s5)c(-c5cc(-c6cccs6)c(-c6cccs6)s5)s4)s3)sc2-c2cccs2)c1. The summed E-state index contributed by atoms with van der Waals surface area (Å²) in [5, 5.41) is 17.6. The zero-order chi connectivity index (χ0) is 52.7. The molecule has 0 spiro atoms. The highest BCUT2D eigenvalue weighted by Gasteiger charge is 2.27. The highest BCUT2D eigenvalue weighted by molar-refractivity contribution is 7.33. The summed E-state index contributed by atoms with van der Waals surface area (Å²) in [6.45, 7) is 0. The highest BCUT2D eigenvalue weighted by Crippen LogP contribution is 2.58. The molecule has 16 heteroatoms. The van der Waals surface area contributed by atoms with Crippen molar-refractivity contribution in [3.05, 3.63) is 201 Å². The predicted molar refractivity (Wildman–Crippen MR) is 374 cm³/mol. The van der Waals surface area contributed by atoms with Gasteiger partial charge in [-0.05, 0) is 152 Å². The molecule has 0 bridgehead atoms. The van der Waals surface area contributed by atoms with E-state index in [4.69, 9.17) is 0 Å². The normalized spacial score (nSPS) is 11.8. The van der Waals surface area contributed by atoms with Gasteiger partial charge in [-0.25, -0.2) is 0 Å². The lowest BCUT2D eigenvalue weighted by atomic mass is 10.1. The molecule has 0 saturated heterocycles. The smallest absolute Gasteiger partial charge is 0.0536 e. The fourth-order valence-corrected chi connectivity index (χ4v) is 26.2. The van der Waals surface area contributed by atoms with Crippen LogP contribution in [0.1, 0.15) is 0 Å². The van der Waals surface area contributed by atoms with Crippen molar-refractivity contribution < 1.29 is 0 Å². The Kier molecular flexibility index (Phi) is 13.8. The molecule has 0 atom stereocenters. The van der Waals surface area contributed by atoms with E-state index in [1.54, 1.807) is 0 Å². The summed E-state index contributed by atoms with van der Waals surface area (Å²) in [4.78, 5) is 31.6. The quantitative estimate of drug-likeness (QED) is 0.0960. The van der Waals surface area contributed by atoms with E-state index >= 15 is 0 Å². The van der Waals surface area contributed by atoms with Crippen molar-refractivity contribution in [1.29, 1.82) is 0 Å². The Hall–Kier alpha value is -4.80. The number of rotatable bonds is 15. The zero-order valence-corrected chi connectivity index (χ0v) is 54.2. The third-order valence-corrected chi connectivity index (χ3v) is 31.2. The van der Waals surface area contributed by atoms with Gasteiger partial charge < -0.3 is 0 Å². The maximum atomic E-state index is 2.55. The Labute approximate surface area is 526 Å². The molecule has 0 saturated carbocycles. The van der Waals surface area contributed by atoms with Gasteiger partial charge in [-0.1, -0.05) is 48.5 Å². The largest absolute Gasteiger partial charge is 0.144 e. The maximum Gasteiger partial charge on any atom is 0.0536 e. The van der Waals surface area contributed by atoms with Crippen molar-refractivity contribution in [2.24, 2.45) is 0 Å². The summed E-state index contributed by atoms with van der Waals surface area (Å²) < 4.78 is 0. The minimum atomic E-state index is 1.29. The summed E-state index contributed by atoms with van der Waals surface area (Å²) in [6, 6.07) is 60.1. The van der Waals surface area contributed by atoms with Crippen LogP contribution in [0.5, 0.6) is 0 Å². The van der Waals surface area contributed by atoms with Gasteiger partial charge in [0.1, 0.15) is 0 Å². The van der Waals surface area contributed by atoms with Gasteiger partial charge in [-0.2, -0.15) is 0 Å². The highest BCUT2D eigenvalue weighted by atomic mass is 32.2.